The molecular formula is C17H21N3O4. The number of anilines is 3. The molecule has 0 aromatic heterocycles. The first-order chi connectivity index (χ1) is 11.3. The molecule has 0 radical (unpaired) electrons. The van der Waals surface area contributed by atoms with Gasteiger partial charge >= 0.3 is 0 Å². The highest BCUT2D eigenvalue weighted by Crippen LogP contribution is 2.32. The molecule has 7 heteroatoms. The molecule has 0 unspecified atom stereocenters. The Labute approximate surface area is 139 Å². The van der Waals surface area contributed by atoms with Crippen molar-refractivity contribution in [3.63, 3.8) is 0 Å². The lowest BCUT2D eigenvalue weighted by atomic mass is 10.1. The lowest BCUT2D eigenvalue weighted by Crippen LogP contribution is -2.38. The van der Waals surface area contributed by atoms with Gasteiger partial charge in [-0.15, -0.1) is 0 Å². The first kappa shape index (κ1) is 17.5. The Hall–Kier alpha value is -2.83. The van der Waals surface area contributed by atoms with Gasteiger partial charge in [-0.1, -0.05) is 13.0 Å². The second-order valence-electron chi connectivity index (χ2n) is 5.89. The Kier molecular flexibility index (Phi) is 4.92. The van der Waals surface area contributed by atoms with Crippen LogP contribution in [-0.4, -0.2) is 36.1 Å². The second kappa shape index (κ2) is 6.74. The molecule has 0 aliphatic carbocycles. The molecule has 0 heterocycles. The molecule has 0 fully saturated rings. The van der Waals surface area contributed by atoms with Gasteiger partial charge in [0.2, 0.25) is 0 Å². The standard InChI is InChI=1S/C17H21N3O4/c1-5-9(2)18-12-13(16(23)15(12)22)19-11-8-6-7-10(14(11)21)17(24)20(3)4/h6-9,18-19,21H,5H2,1-4H3/t9-/m0/s1. The molecule has 0 spiro atoms. The van der Waals surface area contributed by atoms with Crippen LogP contribution in [0.15, 0.2) is 27.8 Å². The lowest BCUT2D eigenvalue weighted by Gasteiger charge is -2.19. The van der Waals surface area contributed by atoms with Crippen molar-refractivity contribution in [2.24, 2.45) is 0 Å². The zero-order chi connectivity index (χ0) is 18.0. The molecule has 0 bridgehead atoms. The molecule has 3 N–H and O–H groups in total. The predicted octanol–water partition coefficient (Wildman–Crippen LogP) is 1.64. The van der Waals surface area contributed by atoms with Crippen LogP contribution in [0.5, 0.6) is 5.75 Å². The van der Waals surface area contributed by atoms with E-state index in [-0.39, 0.29) is 40.3 Å². The molecule has 0 aliphatic heterocycles. The topological polar surface area (TPSA) is 98.7 Å². The number of amides is 1. The van der Waals surface area contributed by atoms with E-state index in [1.54, 1.807) is 20.2 Å². The maximum absolute atomic E-state index is 12.0. The van der Waals surface area contributed by atoms with Crippen LogP contribution in [0.4, 0.5) is 17.1 Å². The van der Waals surface area contributed by atoms with Crippen molar-refractivity contribution in [1.29, 1.82) is 0 Å². The van der Waals surface area contributed by atoms with E-state index in [4.69, 9.17) is 0 Å². The van der Waals surface area contributed by atoms with Crippen molar-refractivity contribution in [3.8, 4) is 5.75 Å². The molecule has 1 atom stereocenters. The van der Waals surface area contributed by atoms with E-state index in [0.717, 1.165) is 6.42 Å². The summed E-state index contributed by atoms with van der Waals surface area (Å²) in [5.41, 5.74) is -0.618. The number of phenolic OH excluding ortho intramolecular Hbond substituents is 1. The van der Waals surface area contributed by atoms with E-state index in [2.05, 4.69) is 10.6 Å². The minimum Gasteiger partial charge on any atom is -0.505 e. The monoisotopic (exact) mass is 331 g/mol. The summed E-state index contributed by atoms with van der Waals surface area (Å²) in [4.78, 5) is 36.9. The van der Waals surface area contributed by atoms with Crippen LogP contribution in [0, 0.1) is 0 Å². The van der Waals surface area contributed by atoms with Crippen LogP contribution < -0.4 is 21.5 Å². The summed E-state index contributed by atoms with van der Waals surface area (Å²) in [7, 11) is 3.15. The normalized spacial score (nSPS) is 12.0. The Bertz CT molecular complexity index is 835. The predicted molar refractivity (Wildman–Crippen MR) is 94.1 cm³/mol. The minimum absolute atomic E-state index is 0.0316. The maximum atomic E-state index is 12.0. The summed E-state index contributed by atoms with van der Waals surface area (Å²) >= 11 is 0. The van der Waals surface area contributed by atoms with Crippen LogP contribution in [0.2, 0.25) is 0 Å². The van der Waals surface area contributed by atoms with Crippen molar-refractivity contribution in [2.75, 3.05) is 24.7 Å². The number of para-hydroxylation sites is 1. The van der Waals surface area contributed by atoms with Gasteiger partial charge in [-0.2, -0.15) is 0 Å². The Balaban J connectivity index is 2.35. The van der Waals surface area contributed by atoms with Crippen molar-refractivity contribution >= 4 is 23.0 Å². The van der Waals surface area contributed by atoms with Gasteiger partial charge in [0.25, 0.3) is 16.8 Å². The van der Waals surface area contributed by atoms with E-state index in [1.165, 1.54) is 17.0 Å². The van der Waals surface area contributed by atoms with Crippen molar-refractivity contribution in [1.82, 2.24) is 4.90 Å². The van der Waals surface area contributed by atoms with Crippen LogP contribution in [0.3, 0.4) is 0 Å². The van der Waals surface area contributed by atoms with Gasteiger partial charge in [-0.05, 0) is 25.5 Å². The third-order valence-electron chi connectivity index (χ3n) is 3.85. The van der Waals surface area contributed by atoms with Gasteiger partial charge in [0.15, 0.2) is 5.75 Å². The number of nitrogens with zero attached hydrogens (tertiary/aromatic N) is 1. The number of nitrogens with one attached hydrogen (secondary N) is 2. The zero-order valence-electron chi connectivity index (χ0n) is 14.1. The SMILES string of the molecule is CC[C@H](C)Nc1c(Nc2cccc(C(=O)N(C)C)c2O)c(=O)c1=O. The zero-order valence-corrected chi connectivity index (χ0v) is 14.1. The van der Waals surface area contributed by atoms with E-state index in [0.29, 0.717) is 0 Å². The summed E-state index contributed by atoms with van der Waals surface area (Å²) in [5, 5.41) is 16.0. The van der Waals surface area contributed by atoms with Gasteiger partial charge in [0.1, 0.15) is 11.4 Å². The number of rotatable bonds is 6. The molecule has 24 heavy (non-hydrogen) atoms. The molecule has 7 nitrogen and oxygen atoms in total. The summed E-state index contributed by atoms with van der Waals surface area (Å²) in [6.07, 6.45) is 0.788. The maximum Gasteiger partial charge on any atom is 0.257 e. The molecule has 0 aliphatic rings. The fourth-order valence-electron chi connectivity index (χ4n) is 2.19. The van der Waals surface area contributed by atoms with Crippen LogP contribution >= 0.6 is 0 Å². The smallest absolute Gasteiger partial charge is 0.257 e. The van der Waals surface area contributed by atoms with E-state index in [1.807, 2.05) is 13.8 Å². The quantitative estimate of drug-likeness (QED) is 0.550. The number of hydrogen-bond acceptors (Lipinski definition) is 6. The van der Waals surface area contributed by atoms with Crippen LogP contribution in [-0.2, 0) is 0 Å². The molecule has 2 rings (SSSR count). The Morgan fingerprint density at radius 2 is 1.83 bits per heavy atom. The molecule has 0 saturated carbocycles. The molecular weight excluding hydrogens is 310 g/mol. The van der Waals surface area contributed by atoms with Crippen LogP contribution in [0.1, 0.15) is 30.6 Å². The van der Waals surface area contributed by atoms with E-state index < -0.39 is 10.9 Å². The third kappa shape index (κ3) is 3.10. The average molecular weight is 331 g/mol. The third-order valence-corrected chi connectivity index (χ3v) is 3.85. The highest BCUT2D eigenvalue weighted by molar-refractivity contribution is 5.99. The lowest BCUT2D eigenvalue weighted by molar-refractivity contribution is 0.0825. The number of hydrogen-bond donors (Lipinski definition) is 3. The van der Waals surface area contributed by atoms with Crippen LogP contribution in [0.25, 0.3) is 0 Å². The molecule has 2 aromatic carbocycles. The highest BCUT2D eigenvalue weighted by Gasteiger charge is 2.24. The summed E-state index contributed by atoms with van der Waals surface area (Å²) in [5.74, 6) is -0.627. The fraction of sp³-hybridized carbons (Fsp3) is 0.353. The largest absolute Gasteiger partial charge is 0.505 e. The van der Waals surface area contributed by atoms with Gasteiger partial charge < -0.3 is 20.6 Å². The summed E-state index contributed by atoms with van der Waals surface area (Å²) < 4.78 is 0. The fourth-order valence-corrected chi connectivity index (χ4v) is 2.19. The van der Waals surface area contributed by atoms with E-state index in [9.17, 15) is 19.5 Å². The molecule has 2 aromatic rings. The van der Waals surface area contributed by atoms with Gasteiger partial charge in [0.05, 0.1) is 11.3 Å². The number of aromatic hydroxyl groups is 1. The molecule has 128 valence electrons. The molecule has 1 amide bonds. The van der Waals surface area contributed by atoms with Gasteiger partial charge in [-0.25, -0.2) is 0 Å². The number of carbonyl (C=O) groups is 1. The Morgan fingerprint density at radius 3 is 2.42 bits per heavy atom. The van der Waals surface area contributed by atoms with Crippen molar-refractivity contribution in [3.05, 3.63) is 44.2 Å². The Morgan fingerprint density at radius 1 is 1.21 bits per heavy atom. The first-order valence-electron chi connectivity index (χ1n) is 7.68. The van der Waals surface area contributed by atoms with E-state index >= 15 is 0 Å². The number of benzene rings is 1. The highest BCUT2D eigenvalue weighted by atomic mass is 16.3. The van der Waals surface area contributed by atoms with Gasteiger partial charge in [0, 0.05) is 20.1 Å². The first-order valence-corrected chi connectivity index (χ1v) is 7.68. The molecule has 0 saturated heterocycles. The summed E-state index contributed by atoms with van der Waals surface area (Å²) in [6, 6.07) is 4.64. The minimum atomic E-state index is -0.649. The van der Waals surface area contributed by atoms with Crippen molar-refractivity contribution in [2.45, 2.75) is 26.3 Å². The van der Waals surface area contributed by atoms with Gasteiger partial charge in [-0.3, -0.25) is 14.4 Å². The average Bonchev–Trinajstić information content (AvgIpc) is 2.57. The number of carbonyl (C=O) groups excluding carboxylic acids is 1. The van der Waals surface area contributed by atoms with Crippen molar-refractivity contribution < 1.29 is 9.90 Å². The second-order valence-corrected chi connectivity index (χ2v) is 5.89. The number of phenols is 1. The summed E-state index contributed by atoms with van der Waals surface area (Å²) in [6.45, 7) is 3.85.